The van der Waals surface area contributed by atoms with E-state index in [1.807, 2.05) is 6.92 Å². The molecule has 1 amide bonds. The van der Waals surface area contributed by atoms with Gasteiger partial charge in [0.25, 0.3) is 0 Å². The van der Waals surface area contributed by atoms with Crippen molar-refractivity contribution in [3.8, 4) is 0 Å². The van der Waals surface area contributed by atoms with Crippen molar-refractivity contribution >= 4 is 17.6 Å². The van der Waals surface area contributed by atoms with Crippen molar-refractivity contribution < 1.29 is 23.8 Å². The molecule has 25 heavy (non-hydrogen) atoms. The number of carbonyl (C=O) groups is 2. The van der Waals surface area contributed by atoms with Gasteiger partial charge in [0.15, 0.2) is 0 Å². The predicted octanol–water partition coefficient (Wildman–Crippen LogP) is 2.53. The first-order valence-corrected chi connectivity index (χ1v) is 8.19. The number of hydrogen-bond acceptors (Lipinski definition) is 3. The van der Waals surface area contributed by atoms with Crippen LogP contribution >= 0.6 is 0 Å². The molecule has 0 radical (unpaired) electrons. The lowest BCUT2D eigenvalue weighted by Crippen LogP contribution is -2.45. The molecule has 3 aliphatic heterocycles. The largest absolute Gasteiger partial charge is 0.481 e. The lowest BCUT2D eigenvalue weighted by Gasteiger charge is -2.33. The minimum Gasteiger partial charge on any atom is -0.481 e. The Kier molecular flexibility index (Phi) is 3.37. The number of hydrogen-bond donors (Lipinski definition) is 1. The molecular formula is C19H18FNO4. The summed E-state index contributed by atoms with van der Waals surface area (Å²) in [5, 5.41) is 9.60. The van der Waals surface area contributed by atoms with Gasteiger partial charge in [-0.05, 0) is 25.5 Å². The van der Waals surface area contributed by atoms with Crippen LogP contribution in [0, 0.1) is 17.7 Å². The highest BCUT2D eigenvalue weighted by Gasteiger charge is 2.71. The predicted molar refractivity (Wildman–Crippen MR) is 88.5 cm³/mol. The Labute approximate surface area is 144 Å². The van der Waals surface area contributed by atoms with Crippen molar-refractivity contribution in [1.82, 2.24) is 0 Å². The van der Waals surface area contributed by atoms with Crippen LogP contribution in [0.4, 0.5) is 10.1 Å². The van der Waals surface area contributed by atoms with Gasteiger partial charge in [-0.15, -0.1) is 6.58 Å². The van der Waals surface area contributed by atoms with Gasteiger partial charge in [0.05, 0.1) is 23.8 Å². The van der Waals surface area contributed by atoms with E-state index in [-0.39, 0.29) is 5.69 Å². The molecule has 5 atom stereocenters. The summed E-state index contributed by atoms with van der Waals surface area (Å²) in [6.45, 7) is 5.74. The standard InChI is InChI=1S/C19H18FNO4/c1-10(2)9-14-19-8-7-13(25-19)15(18(23)24)16(19)17(22)21(14)12-6-4-3-5-11(12)20/h3-8,13-16H,1,9H2,2H3,(H,23,24)/t13-,14-,15-,16+,19+/m0/s1. The van der Waals surface area contributed by atoms with Gasteiger partial charge in [-0.2, -0.15) is 0 Å². The molecule has 1 aromatic carbocycles. The third-order valence-electron chi connectivity index (χ3n) is 5.36. The normalized spacial score (nSPS) is 35.3. The van der Waals surface area contributed by atoms with Crippen molar-refractivity contribution in [3.63, 3.8) is 0 Å². The number of carboxylic acids is 1. The zero-order valence-electron chi connectivity index (χ0n) is 13.7. The van der Waals surface area contributed by atoms with Gasteiger partial charge in [0.1, 0.15) is 17.3 Å². The summed E-state index contributed by atoms with van der Waals surface area (Å²) in [6, 6.07) is 5.49. The average Bonchev–Trinajstić information content (AvgIpc) is 3.18. The summed E-state index contributed by atoms with van der Waals surface area (Å²) in [6.07, 6.45) is 3.27. The molecule has 130 valence electrons. The van der Waals surface area contributed by atoms with Crippen LogP contribution in [0.5, 0.6) is 0 Å². The monoisotopic (exact) mass is 343 g/mol. The maximum Gasteiger partial charge on any atom is 0.310 e. The number of fused-ring (bicyclic) bond motifs is 1. The Balaban J connectivity index is 1.87. The highest BCUT2D eigenvalue weighted by molar-refractivity contribution is 6.03. The molecule has 0 unspecified atom stereocenters. The van der Waals surface area contributed by atoms with Gasteiger partial charge < -0.3 is 14.7 Å². The SMILES string of the molecule is C=C(C)C[C@@H]1N(c2ccccc2F)C(=O)[C@H]2[C@@H](C(=O)O)[C@@H]3C=C[C@@]12O3. The number of ether oxygens (including phenoxy) is 1. The quantitative estimate of drug-likeness (QED) is 0.853. The molecular weight excluding hydrogens is 325 g/mol. The molecule has 2 fully saturated rings. The molecule has 3 aliphatic rings. The van der Waals surface area contributed by atoms with Gasteiger partial charge in [0, 0.05) is 0 Å². The average molecular weight is 343 g/mol. The van der Waals surface area contributed by atoms with Crippen LogP contribution in [0.25, 0.3) is 0 Å². The second-order valence-corrected chi connectivity index (χ2v) is 6.97. The second-order valence-electron chi connectivity index (χ2n) is 6.97. The molecule has 1 aromatic rings. The zero-order valence-corrected chi connectivity index (χ0v) is 13.7. The van der Waals surface area contributed by atoms with E-state index in [1.54, 1.807) is 24.3 Å². The highest BCUT2D eigenvalue weighted by Crippen LogP contribution is 2.56. The van der Waals surface area contributed by atoms with Crippen LogP contribution < -0.4 is 4.90 Å². The van der Waals surface area contributed by atoms with Crippen LogP contribution in [0.1, 0.15) is 13.3 Å². The van der Waals surface area contributed by atoms with Crippen LogP contribution in [-0.2, 0) is 14.3 Å². The number of nitrogens with zero attached hydrogens (tertiary/aromatic N) is 1. The van der Waals surface area contributed by atoms with E-state index in [0.717, 1.165) is 5.57 Å². The minimum atomic E-state index is -1.07. The molecule has 3 heterocycles. The van der Waals surface area contributed by atoms with Gasteiger partial charge in [0.2, 0.25) is 5.91 Å². The van der Waals surface area contributed by atoms with Crippen molar-refractivity contribution in [2.45, 2.75) is 31.1 Å². The van der Waals surface area contributed by atoms with E-state index in [0.29, 0.717) is 6.42 Å². The Hall–Kier alpha value is -2.47. The highest BCUT2D eigenvalue weighted by atomic mass is 19.1. The number of rotatable bonds is 4. The maximum absolute atomic E-state index is 14.4. The van der Waals surface area contributed by atoms with Crippen LogP contribution in [0.2, 0.25) is 0 Å². The first-order chi connectivity index (χ1) is 11.9. The maximum atomic E-state index is 14.4. The molecule has 6 heteroatoms. The van der Waals surface area contributed by atoms with E-state index in [2.05, 4.69) is 6.58 Å². The molecule has 0 aromatic heterocycles. The summed E-state index contributed by atoms with van der Waals surface area (Å²) in [5.41, 5.74) is -0.0908. The summed E-state index contributed by atoms with van der Waals surface area (Å²) in [4.78, 5) is 26.3. The lowest BCUT2D eigenvalue weighted by atomic mass is 9.74. The Morgan fingerprint density at radius 1 is 1.44 bits per heavy atom. The smallest absolute Gasteiger partial charge is 0.310 e. The number of halogens is 1. The van der Waals surface area contributed by atoms with Gasteiger partial charge >= 0.3 is 5.97 Å². The molecule has 0 saturated carbocycles. The molecule has 1 N–H and O–H groups in total. The minimum absolute atomic E-state index is 0.145. The summed E-state index contributed by atoms with van der Waals surface area (Å²) in [7, 11) is 0. The van der Waals surface area contributed by atoms with Crippen LogP contribution in [0.15, 0.2) is 48.6 Å². The first-order valence-electron chi connectivity index (χ1n) is 8.19. The number of para-hydroxylation sites is 1. The Morgan fingerprint density at radius 2 is 2.16 bits per heavy atom. The number of carbonyl (C=O) groups excluding carboxylic acids is 1. The summed E-state index contributed by atoms with van der Waals surface area (Å²) >= 11 is 0. The van der Waals surface area contributed by atoms with E-state index < -0.39 is 47.3 Å². The summed E-state index contributed by atoms with van der Waals surface area (Å²) < 4.78 is 20.4. The zero-order chi connectivity index (χ0) is 17.9. The van der Waals surface area contributed by atoms with E-state index >= 15 is 0 Å². The van der Waals surface area contributed by atoms with Crippen molar-refractivity contribution in [2.75, 3.05) is 4.90 Å². The van der Waals surface area contributed by atoms with Gasteiger partial charge in [-0.3, -0.25) is 9.59 Å². The van der Waals surface area contributed by atoms with Crippen molar-refractivity contribution in [3.05, 3.63) is 54.4 Å². The lowest BCUT2D eigenvalue weighted by molar-refractivity contribution is -0.146. The van der Waals surface area contributed by atoms with Gasteiger partial charge in [-0.1, -0.05) is 29.9 Å². The van der Waals surface area contributed by atoms with Crippen molar-refractivity contribution in [2.24, 2.45) is 11.8 Å². The number of carboxylic acid groups (broad SMARTS) is 1. The molecule has 2 saturated heterocycles. The fraction of sp³-hybridized carbons (Fsp3) is 0.368. The van der Waals surface area contributed by atoms with Gasteiger partial charge in [-0.25, -0.2) is 4.39 Å². The number of anilines is 1. The van der Waals surface area contributed by atoms with E-state index in [9.17, 15) is 19.1 Å². The molecule has 4 rings (SSSR count). The molecule has 5 nitrogen and oxygen atoms in total. The van der Waals surface area contributed by atoms with Crippen LogP contribution in [0.3, 0.4) is 0 Å². The van der Waals surface area contributed by atoms with E-state index in [1.165, 1.54) is 17.0 Å². The number of amides is 1. The Morgan fingerprint density at radius 3 is 2.80 bits per heavy atom. The van der Waals surface area contributed by atoms with Crippen molar-refractivity contribution in [1.29, 1.82) is 0 Å². The fourth-order valence-corrected chi connectivity index (χ4v) is 4.45. The Bertz CT molecular complexity index is 819. The summed E-state index contributed by atoms with van der Waals surface area (Å²) in [5.74, 6) is -3.81. The van der Waals surface area contributed by atoms with E-state index in [4.69, 9.17) is 4.74 Å². The third-order valence-corrected chi connectivity index (χ3v) is 5.36. The van der Waals surface area contributed by atoms with Crippen LogP contribution in [-0.4, -0.2) is 34.7 Å². The molecule has 2 bridgehead atoms. The molecule has 0 aliphatic carbocycles. The third kappa shape index (κ3) is 2.03. The first kappa shape index (κ1) is 16.0. The number of benzene rings is 1. The fourth-order valence-electron chi connectivity index (χ4n) is 4.45. The number of aliphatic carboxylic acids is 1. The second kappa shape index (κ2) is 5.26. The molecule has 1 spiro atoms. The topological polar surface area (TPSA) is 66.8 Å².